The van der Waals surface area contributed by atoms with Crippen LogP contribution in [0.4, 0.5) is 0 Å². The van der Waals surface area contributed by atoms with Crippen molar-refractivity contribution in [3.8, 4) is 17.1 Å². The second-order valence-corrected chi connectivity index (χ2v) is 5.44. The van der Waals surface area contributed by atoms with Crippen LogP contribution in [-0.2, 0) is 6.42 Å². The summed E-state index contributed by atoms with van der Waals surface area (Å²) in [7, 11) is 3.58. The first kappa shape index (κ1) is 15.0. The summed E-state index contributed by atoms with van der Waals surface area (Å²) in [5.74, 6) is 2.04. The Hall–Kier alpha value is -1.40. The first-order valence-corrected chi connectivity index (χ1v) is 7.27. The molecule has 2 aromatic rings. The smallest absolute Gasteiger partial charge is 0.227 e. The van der Waals surface area contributed by atoms with Gasteiger partial charge in [-0.3, -0.25) is 0 Å². The number of ether oxygens (including phenoxy) is 1. The Kier molecular flexibility index (Phi) is 5.14. The van der Waals surface area contributed by atoms with E-state index in [0.29, 0.717) is 17.8 Å². The molecule has 1 aromatic carbocycles. The van der Waals surface area contributed by atoms with Crippen LogP contribution in [0.25, 0.3) is 11.4 Å². The number of nitrogens with one attached hydrogen (secondary N) is 1. The average molecular weight is 340 g/mol. The van der Waals surface area contributed by atoms with Gasteiger partial charge in [-0.15, -0.1) is 0 Å². The molecule has 1 N–H and O–H groups in total. The summed E-state index contributed by atoms with van der Waals surface area (Å²) in [5.41, 5.74) is 0.898. The molecular formula is C14H18BrN3O2. The third-order valence-corrected chi connectivity index (χ3v) is 3.78. The first-order valence-electron chi connectivity index (χ1n) is 6.47. The minimum Gasteiger partial charge on any atom is -0.496 e. The summed E-state index contributed by atoms with van der Waals surface area (Å²) in [6.45, 7) is 2.12. The van der Waals surface area contributed by atoms with Crippen LogP contribution in [0.1, 0.15) is 19.2 Å². The van der Waals surface area contributed by atoms with Crippen molar-refractivity contribution < 1.29 is 9.26 Å². The molecule has 0 amide bonds. The molecular weight excluding hydrogens is 322 g/mol. The molecule has 6 heteroatoms. The van der Waals surface area contributed by atoms with Crippen molar-refractivity contribution >= 4 is 15.9 Å². The van der Waals surface area contributed by atoms with Gasteiger partial charge in [-0.2, -0.15) is 4.98 Å². The van der Waals surface area contributed by atoms with E-state index >= 15 is 0 Å². The number of methoxy groups -OCH3 is 1. The number of hydrogen-bond acceptors (Lipinski definition) is 5. The fourth-order valence-electron chi connectivity index (χ4n) is 1.76. The van der Waals surface area contributed by atoms with E-state index in [1.54, 1.807) is 7.11 Å². The molecule has 1 unspecified atom stereocenters. The van der Waals surface area contributed by atoms with Crippen LogP contribution in [0.15, 0.2) is 27.2 Å². The maximum atomic E-state index is 5.27. The van der Waals surface area contributed by atoms with Crippen LogP contribution < -0.4 is 10.1 Å². The second-order valence-electron chi connectivity index (χ2n) is 4.59. The zero-order valence-electron chi connectivity index (χ0n) is 11.8. The largest absolute Gasteiger partial charge is 0.496 e. The highest BCUT2D eigenvalue weighted by Crippen LogP contribution is 2.29. The number of nitrogens with zero attached hydrogens (tertiary/aromatic N) is 2. The predicted molar refractivity (Wildman–Crippen MR) is 80.8 cm³/mol. The summed E-state index contributed by atoms with van der Waals surface area (Å²) in [6.07, 6.45) is 1.73. The maximum absolute atomic E-state index is 5.27. The molecule has 2 rings (SSSR count). The van der Waals surface area contributed by atoms with Crippen molar-refractivity contribution in [2.45, 2.75) is 25.8 Å². The van der Waals surface area contributed by atoms with E-state index in [1.165, 1.54) is 0 Å². The minimum atomic E-state index is 0.431. The topological polar surface area (TPSA) is 60.2 Å². The van der Waals surface area contributed by atoms with E-state index in [-0.39, 0.29) is 0 Å². The molecule has 0 bridgehead atoms. The van der Waals surface area contributed by atoms with Crippen molar-refractivity contribution in [1.29, 1.82) is 0 Å². The Morgan fingerprint density at radius 2 is 2.25 bits per heavy atom. The number of rotatable bonds is 6. The minimum absolute atomic E-state index is 0.431. The molecule has 1 atom stereocenters. The Bertz CT molecular complexity index is 571. The van der Waals surface area contributed by atoms with Gasteiger partial charge in [0.15, 0.2) is 0 Å². The van der Waals surface area contributed by atoms with E-state index in [4.69, 9.17) is 9.26 Å². The molecule has 0 saturated heterocycles. The lowest BCUT2D eigenvalue weighted by atomic mass is 10.2. The highest BCUT2D eigenvalue weighted by atomic mass is 79.9. The van der Waals surface area contributed by atoms with Gasteiger partial charge in [0.1, 0.15) is 5.75 Å². The quantitative estimate of drug-likeness (QED) is 0.876. The molecule has 0 radical (unpaired) electrons. The fraction of sp³-hybridized carbons (Fsp3) is 0.429. The number of aryl methyl sites for hydroxylation is 1. The molecule has 0 aliphatic rings. The van der Waals surface area contributed by atoms with Crippen molar-refractivity contribution in [1.82, 2.24) is 15.5 Å². The lowest BCUT2D eigenvalue weighted by Crippen LogP contribution is -2.21. The van der Waals surface area contributed by atoms with Crippen LogP contribution in [0.2, 0.25) is 0 Å². The standard InChI is InChI=1S/C14H18BrN3O2/c1-9(16-2)4-7-13-17-14(18-20-13)10-5-6-12(19-3)11(15)8-10/h5-6,8-9,16H,4,7H2,1-3H3. The van der Waals surface area contributed by atoms with Crippen LogP contribution in [0, 0.1) is 0 Å². The summed E-state index contributed by atoms with van der Waals surface area (Å²) in [6, 6.07) is 6.14. The maximum Gasteiger partial charge on any atom is 0.227 e. The van der Waals surface area contributed by atoms with Crippen LogP contribution in [0.5, 0.6) is 5.75 Å². The highest BCUT2D eigenvalue weighted by molar-refractivity contribution is 9.10. The summed E-state index contributed by atoms with van der Waals surface area (Å²) in [5, 5.41) is 7.20. The zero-order valence-corrected chi connectivity index (χ0v) is 13.4. The van der Waals surface area contributed by atoms with Gasteiger partial charge in [0.05, 0.1) is 11.6 Å². The lowest BCUT2D eigenvalue weighted by molar-refractivity contribution is 0.369. The van der Waals surface area contributed by atoms with Gasteiger partial charge in [-0.25, -0.2) is 0 Å². The van der Waals surface area contributed by atoms with Gasteiger partial charge in [-0.05, 0) is 54.5 Å². The van der Waals surface area contributed by atoms with Crippen molar-refractivity contribution in [2.75, 3.05) is 14.2 Å². The van der Waals surface area contributed by atoms with Crippen molar-refractivity contribution in [3.05, 3.63) is 28.6 Å². The van der Waals surface area contributed by atoms with E-state index in [1.807, 2.05) is 25.2 Å². The Morgan fingerprint density at radius 3 is 2.90 bits per heavy atom. The zero-order chi connectivity index (χ0) is 14.5. The molecule has 0 aliphatic heterocycles. The Labute approximate surface area is 126 Å². The van der Waals surface area contributed by atoms with E-state index < -0.39 is 0 Å². The summed E-state index contributed by atoms with van der Waals surface area (Å²) >= 11 is 3.45. The summed E-state index contributed by atoms with van der Waals surface area (Å²) in [4.78, 5) is 4.42. The van der Waals surface area contributed by atoms with Crippen LogP contribution in [-0.4, -0.2) is 30.3 Å². The molecule has 1 aromatic heterocycles. The molecule has 1 heterocycles. The first-order chi connectivity index (χ1) is 9.63. The molecule has 20 heavy (non-hydrogen) atoms. The molecule has 0 fully saturated rings. The van der Waals surface area contributed by atoms with Crippen LogP contribution >= 0.6 is 15.9 Å². The Morgan fingerprint density at radius 1 is 1.45 bits per heavy atom. The lowest BCUT2D eigenvalue weighted by Gasteiger charge is -2.06. The third-order valence-electron chi connectivity index (χ3n) is 3.16. The van der Waals surface area contributed by atoms with Crippen molar-refractivity contribution in [2.24, 2.45) is 0 Å². The molecule has 108 valence electrons. The normalized spacial score (nSPS) is 12.4. The van der Waals surface area contributed by atoms with Gasteiger partial charge < -0.3 is 14.6 Å². The van der Waals surface area contributed by atoms with Gasteiger partial charge in [-0.1, -0.05) is 5.16 Å². The van der Waals surface area contributed by atoms with Gasteiger partial charge in [0.2, 0.25) is 11.7 Å². The second kappa shape index (κ2) is 6.85. The van der Waals surface area contributed by atoms with E-state index in [0.717, 1.165) is 28.6 Å². The van der Waals surface area contributed by atoms with Gasteiger partial charge in [0, 0.05) is 18.0 Å². The van der Waals surface area contributed by atoms with Crippen LogP contribution in [0.3, 0.4) is 0 Å². The molecule has 0 spiro atoms. The molecule has 5 nitrogen and oxygen atoms in total. The van der Waals surface area contributed by atoms with Gasteiger partial charge >= 0.3 is 0 Å². The van der Waals surface area contributed by atoms with Gasteiger partial charge in [0.25, 0.3) is 0 Å². The number of hydrogen-bond donors (Lipinski definition) is 1. The number of aromatic nitrogens is 2. The SMILES string of the molecule is CNC(C)CCc1nc(-c2ccc(OC)c(Br)c2)no1. The number of halogens is 1. The fourth-order valence-corrected chi connectivity index (χ4v) is 2.30. The van der Waals surface area contributed by atoms with E-state index in [2.05, 4.69) is 38.3 Å². The third kappa shape index (κ3) is 3.58. The number of benzene rings is 1. The summed E-state index contributed by atoms with van der Waals surface area (Å²) < 4.78 is 11.3. The van der Waals surface area contributed by atoms with E-state index in [9.17, 15) is 0 Å². The molecule has 0 saturated carbocycles. The highest BCUT2D eigenvalue weighted by Gasteiger charge is 2.11. The van der Waals surface area contributed by atoms with Crippen molar-refractivity contribution in [3.63, 3.8) is 0 Å². The Balaban J connectivity index is 2.10. The average Bonchev–Trinajstić information content (AvgIpc) is 2.93. The monoisotopic (exact) mass is 339 g/mol. The predicted octanol–water partition coefficient (Wildman–Crippen LogP) is 3.05. The molecule has 0 aliphatic carbocycles.